The average Bonchev–Trinajstić information content (AvgIpc) is 2.55. The fraction of sp³-hybridized carbons (Fsp3) is 0.294. The van der Waals surface area contributed by atoms with Crippen LogP contribution in [0.1, 0.15) is 27.8 Å². The van der Waals surface area contributed by atoms with Crippen LogP contribution in [0.2, 0.25) is 0 Å². The van der Waals surface area contributed by atoms with Crippen molar-refractivity contribution >= 4 is 23.2 Å². The number of nitrogens with zero attached hydrogens (tertiary/aromatic N) is 3. The molecule has 0 radical (unpaired) electrons. The first-order valence-corrected chi connectivity index (χ1v) is 7.60. The van der Waals surface area contributed by atoms with Crippen molar-refractivity contribution < 1.29 is 9.59 Å². The number of anilines is 2. The molecule has 0 saturated heterocycles. The summed E-state index contributed by atoms with van der Waals surface area (Å²) >= 11 is 0. The third kappa shape index (κ3) is 5.13. The lowest BCUT2D eigenvalue weighted by atomic mass is 10.1. The standard InChI is InChI=1S/C17H21N5O2/c1-12(23)13-5-4-6-14(11-13)19-16-8-7-15(20-21-16)17(24)18-9-10-22(2)3/h4-8,11H,9-10H2,1-3H3,(H,18,24)(H,19,21). The highest BCUT2D eigenvalue weighted by Crippen LogP contribution is 2.16. The number of nitrogens with one attached hydrogen (secondary N) is 2. The van der Waals surface area contributed by atoms with E-state index in [-0.39, 0.29) is 17.4 Å². The van der Waals surface area contributed by atoms with Crippen molar-refractivity contribution in [2.45, 2.75) is 6.92 Å². The summed E-state index contributed by atoms with van der Waals surface area (Å²) in [6.45, 7) is 2.82. The lowest BCUT2D eigenvalue weighted by Crippen LogP contribution is -2.31. The predicted molar refractivity (Wildman–Crippen MR) is 92.6 cm³/mol. The summed E-state index contributed by atoms with van der Waals surface area (Å²) in [6.07, 6.45) is 0. The maximum Gasteiger partial charge on any atom is 0.271 e. The van der Waals surface area contributed by atoms with Gasteiger partial charge in [0, 0.05) is 24.3 Å². The Morgan fingerprint density at radius 1 is 1.12 bits per heavy atom. The van der Waals surface area contributed by atoms with Crippen LogP contribution >= 0.6 is 0 Å². The number of carbonyl (C=O) groups excluding carboxylic acids is 2. The molecule has 2 aromatic rings. The minimum Gasteiger partial charge on any atom is -0.349 e. The fourth-order valence-electron chi connectivity index (χ4n) is 1.97. The summed E-state index contributed by atoms with van der Waals surface area (Å²) in [5.41, 5.74) is 1.61. The normalized spacial score (nSPS) is 10.5. The maximum atomic E-state index is 11.9. The average molecular weight is 327 g/mol. The number of carbonyl (C=O) groups is 2. The second-order valence-electron chi connectivity index (χ2n) is 5.62. The molecule has 2 N–H and O–H groups in total. The number of Topliss-reactive ketones (excluding diaryl/α,β-unsaturated/α-hetero) is 1. The highest BCUT2D eigenvalue weighted by Gasteiger charge is 2.08. The van der Waals surface area contributed by atoms with Gasteiger partial charge in [0.2, 0.25) is 0 Å². The van der Waals surface area contributed by atoms with E-state index in [9.17, 15) is 9.59 Å². The van der Waals surface area contributed by atoms with Gasteiger partial charge in [-0.3, -0.25) is 9.59 Å². The molecule has 0 saturated carbocycles. The molecule has 0 bridgehead atoms. The van der Waals surface area contributed by atoms with Crippen molar-refractivity contribution in [1.29, 1.82) is 0 Å². The lowest BCUT2D eigenvalue weighted by Gasteiger charge is -2.10. The van der Waals surface area contributed by atoms with Crippen LogP contribution in [0.4, 0.5) is 11.5 Å². The van der Waals surface area contributed by atoms with Gasteiger partial charge in [0.15, 0.2) is 17.3 Å². The Hall–Kier alpha value is -2.80. The number of ketones is 1. The summed E-state index contributed by atoms with van der Waals surface area (Å²) in [5, 5.41) is 13.8. The molecule has 1 amide bonds. The van der Waals surface area contributed by atoms with Gasteiger partial charge in [0.25, 0.3) is 5.91 Å². The molecule has 0 atom stereocenters. The smallest absolute Gasteiger partial charge is 0.271 e. The molecule has 1 aromatic heterocycles. The molecule has 0 aliphatic carbocycles. The van der Waals surface area contributed by atoms with Crippen molar-refractivity contribution in [2.75, 3.05) is 32.5 Å². The van der Waals surface area contributed by atoms with E-state index < -0.39 is 0 Å². The summed E-state index contributed by atoms with van der Waals surface area (Å²) in [6, 6.07) is 10.4. The van der Waals surface area contributed by atoms with Crippen molar-refractivity contribution in [3.8, 4) is 0 Å². The molecule has 126 valence electrons. The van der Waals surface area contributed by atoms with Crippen LogP contribution in [-0.4, -0.2) is 54.0 Å². The highest BCUT2D eigenvalue weighted by molar-refractivity contribution is 5.95. The number of amides is 1. The SMILES string of the molecule is CC(=O)c1cccc(Nc2ccc(C(=O)NCCN(C)C)nn2)c1. The Kier molecular flexibility index (Phi) is 5.97. The second-order valence-corrected chi connectivity index (χ2v) is 5.62. The first-order valence-electron chi connectivity index (χ1n) is 7.60. The maximum absolute atomic E-state index is 11.9. The third-order valence-corrected chi connectivity index (χ3v) is 3.28. The molecule has 7 nitrogen and oxygen atoms in total. The minimum absolute atomic E-state index is 0.00511. The summed E-state index contributed by atoms with van der Waals surface area (Å²) < 4.78 is 0. The Morgan fingerprint density at radius 3 is 2.54 bits per heavy atom. The Balaban J connectivity index is 1.98. The first-order chi connectivity index (χ1) is 11.5. The number of benzene rings is 1. The van der Waals surface area contributed by atoms with Crippen LogP contribution in [0.5, 0.6) is 0 Å². The Labute approximate surface area is 141 Å². The molecule has 1 heterocycles. The summed E-state index contributed by atoms with van der Waals surface area (Å²) in [4.78, 5) is 25.3. The Morgan fingerprint density at radius 2 is 1.92 bits per heavy atom. The van der Waals surface area contributed by atoms with E-state index in [1.807, 2.05) is 25.1 Å². The molecule has 0 aliphatic heterocycles. The number of hydrogen-bond donors (Lipinski definition) is 2. The van der Waals surface area contributed by atoms with E-state index in [1.165, 1.54) is 6.92 Å². The van der Waals surface area contributed by atoms with Crippen LogP contribution in [0.15, 0.2) is 36.4 Å². The molecule has 0 aliphatic rings. The molecule has 0 unspecified atom stereocenters. The molecular weight excluding hydrogens is 306 g/mol. The quantitative estimate of drug-likeness (QED) is 0.753. The lowest BCUT2D eigenvalue weighted by molar-refractivity contribution is 0.0944. The highest BCUT2D eigenvalue weighted by atomic mass is 16.2. The molecule has 2 rings (SSSR count). The van der Waals surface area contributed by atoms with Crippen LogP contribution in [0.3, 0.4) is 0 Å². The molecule has 1 aromatic carbocycles. The van der Waals surface area contributed by atoms with E-state index in [0.717, 1.165) is 12.2 Å². The van der Waals surface area contributed by atoms with Gasteiger partial charge >= 0.3 is 0 Å². The van der Waals surface area contributed by atoms with Crippen LogP contribution < -0.4 is 10.6 Å². The number of aromatic nitrogens is 2. The van der Waals surface area contributed by atoms with Crippen molar-refractivity contribution in [1.82, 2.24) is 20.4 Å². The zero-order valence-corrected chi connectivity index (χ0v) is 14.0. The zero-order valence-electron chi connectivity index (χ0n) is 14.0. The topological polar surface area (TPSA) is 87.2 Å². The van der Waals surface area contributed by atoms with E-state index in [1.54, 1.807) is 30.3 Å². The number of rotatable bonds is 7. The van der Waals surface area contributed by atoms with Gasteiger partial charge in [-0.25, -0.2) is 0 Å². The minimum atomic E-state index is -0.255. The van der Waals surface area contributed by atoms with Crippen LogP contribution in [-0.2, 0) is 0 Å². The van der Waals surface area contributed by atoms with E-state index >= 15 is 0 Å². The first kappa shape index (κ1) is 17.6. The van der Waals surface area contributed by atoms with Gasteiger partial charge in [-0.2, -0.15) is 0 Å². The Bertz CT molecular complexity index is 713. The van der Waals surface area contributed by atoms with Gasteiger partial charge in [-0.05, 0) is 45.3 Å². The summed E-state index contributed by atoms with van der Waals surface area (Å²) in [7, 11) is 3.88. The molecule has 0 spiro atoms. The monoisotopic (exact) mass is 327 g/mol. The van der Waals surface area contributed by atoms with Gasteiger partial charge in [-0.1, -0.05) is 12.1 Å². The third-order valence-electron chi connectivity index (χ3n) is 3.28. The second kappa shape index (κ2) is 8.16. The molecular formula is C17H21N5O2. The fourth-order valence-corrected chi connectivity index (χ4v) is 1.97. The van der Waals surface area contributed by atoms with E-state index in [0.29, 0.717) is 17.9 Å². The van der Waals surface area contributed by atoms with Crippen molar-refractivity contribution in [2.24, 2.45) is 0 Å². The molecule has 7 heteroatoms. The molecule has 0 fully saturated rings. The van der Waals surface area contributed by atoms with Crippen molar-refractivity contribution in [3.05, 3.63) is 47.7 Å². The van der Waals surface area contributed by atoms with Gasteiger partial charge in [-0.15, -0.1) is 10.2 Å². The number of likely N-dealkylation sites (N-methyl/N-ethyl adjacent to an activating group) is 1. The van der Waals surface area contributed by atoms with Crippen LogP contribution in [0, 0.1) is 0 Å². The van der Waals surface area contributed by atoms with Gasteiger partial charge in [0.1, 0.15) is 0 Å². The zero-order chi connectivity index (χ0) is 17.5. The largest absolute Gasteiger partial charge is 0.349 e. The molecule has 24 heavy (non-hydrogen) atoms. The van der Waals surface area contributed by atoms with E-state index in [4.69, 9.17) is 0 Å². The van der Waals surface area contributed by atoms with Gasteiger partial charge in [0.05, 0.1) is 0 Å². The predicted octanol–water partition coefficient (Wildman–Crippen LogP) is 1.71. The number of hydrogen-bond acceptors (Lipinski definition) is 6. The van der Waals surface area contributed by atoms with Gasteiger partial charge < -0.3 is 15.5 Å². The van der Waals surface area contributed by atoms with Crippen molar-refractivity contribution in [3.63, 3.8) is 0 Å². The van der Waals surface area contributed by atoms with E-state index in [2.05, 4.69) is 20.8 Å². The summed E-state index contributed by atoms with van der Waals surface area (Å²) in [5.74, 6) is 0.240. The van der Waals surface area contributed by atoms with Crippen LogP contribution in [0.25, 0.3) is 0 Å².